The molecule has 5 rings (SSSR count). The minimum absolute atomic E-state index is 0.194. The third-order valence-electron chi connectivity index (χ3n) is 6.66. The molecule has 1 saturated heterocycles. The lowest BCUT2D eigenvalue weighted by atomic mass is 10.1. The van der Waals surface area contributed by atoms with Crippen molar-refractivity contribution in [1.82, 2.24) is 18.8 Å². The number of aromatic nitrogens is 3. The Labute approximate surface area is 218 Å². The number of piperazine rings is 1. The van der Waals surface area contributed by atoms with Crippen LogP contribution in [0.1, 0.15) is 29.9 Å². The average molecular weight is 526 g/mol. The number of anilines is 1. The van der Waals surface area contributed by atoms with Crippen molar-refractivity contribution in [3.8, 4) is 0 Å². The van der Waals surface area contributed by atoms with E-state index in [-0.39, 0.29) is 5.56 Å². The number of carboxylic acid groups (broad SMARTS) is 2. The second kappa shape index (κ2) is 12.1. The lowest BCUT2D eigenvalue weighted by Crippen LogP contribution is -2.47. The van der Waals surface area contributed by atoms with E-state index < -0.39 is 11.9 Å². The Morgan fingerprint density at radius 3 is 2.43 bits per heavy atom. The molecule has 4 heterocycles. The molecule has 0 radical (unpaired) electrons. The molecule has 37 heavy (non-hydrogen) atoms. The normalized spacial score (nSPS) is 15.9. The van der Waals surface area contributed by atoms with Crippen molar-refractivity contribution < 1.29 is 19.8 Å². The molecule has 0 atom stereocenters. The Bertz CT molecular complexity index is 1340. The van der Waals surface area contributed by atoms with E-state index in [2.05, 4.69) is 34.1 Å². The number of hydrogen-bond acceptors (Lipinski definition) is 8. The molecule has 2 aliphatic heterocycles. The molecule has 3 aromatic rings. The average Bonchev–Trinajstić information content (AvgIpc) is 3.32. The molecule has 2 aliphatic rings. The first-order valence-corrected chi connectivity index (χ1v) is 13.2. The van der Waals surface area contributed by atoms with Crippen LogP contribution in [0, 0.1) is 6.92 Å². The summed E-state index contributed by atoms with van der Waals surface area (Å²) in [5.41, 5.74) is 2.03. The smallest absolute Gasteiger partial charge is 0.328 e. The summed E-state index contributed by atoms with van der Waals surface area (Å²) in [5.74, 6) is -0.412. The second-order valence-electron chi connectivity index (χ2n) is 9.10. The van der Waals surface area contributed by atoms with Gasteiger partial charge in [-0.3, -0.25) is 14.3 Å². The van der Waals surface area contributed by atoms with Gasteiger partial charge in [-0.15, -0.1) is 0 Å². The van der Waals surface area contributed by atoms with Gasteiger partial charge in [0.2, 0.25) is 0 Å². The maximum atomic E-state index is 12.9. The Morgan fingerprint density at radius 2 is 1.73 bits per heavy atom. The highest BCUT2D eigenvalue weighted by molar-refractivity contribution is 7.13. The van der Waals surface area contributed by atoms with Gasteiger partial charge < -0.3 is 15.1 Å². The first-order valence-electron chi connectivity index (χ1n) is 12.4. The van der Waals surface area contributed by atoms with Crippen LogP contribution in [0.25, 0.3) is 10.1 Å². The third kappa shape index (κ3) is 6.60. The van der Waals surface area contributed by atoms with Gasteiger partial charge in [-0.2, -0.15) is 4.37 Å². The summed E-state index contributed by atoms with van der Waals surface area (Å²) in [6.45, 7) is 7.71. The molecule has 0 aliphatic carbocycles. The largest absolute Gasteiger partial charge is 0.478 e. The fraction of sp³-hybridized carbons (Fsp3) is 0.423. The fourth-order valence-electron chi connectivity index (χ4n) is 4.72. The number of benzene rings is 1. The maximum absolute atomic E-state index is 12.9. The van der Waals surface area contributed by atoms with E-state index in [1.807, 2.05) is 11.5 Å². The summed E-state index contributed by atoms with van der Waals surface area (Å²) in [7, 11) is 0. The zero-order valence-electron chi connectivity index (χ0n) is 20.8. The summed E-state index contributed by atoms with van der Waals surface area (Å²) in [6, 6.07) is 8.46. The zero-order chi connectivity index (χ0) is 26.4. The van der Waals surface area contributed by atoms with E-state index in [9.17, 15) is 14.4 Å². The van der Waals surface area contributed by atoms with E-state index in [1.165, 1.54) is 10.1 Å². The van der Waals surface area contributed by atoms with E-state index in [0.717, 1.165) is 87.9 Å². The number of hydrogen-bond donors (Lipinski definition) is 2. The molecule has 10 nitrogen and oxygen atoms in total. The Hall–Kier alpha value is -3.57. The number of aliphatic carboxylic acids is 2. The molecule has 1 aromatic carbocycles. The maximum Gasteiger partial charge on any atom is 0.328 e. The number of fused-ring (bicyclic) bond motifs is 2. The number of aryl methyl sites for hydroxylation is 2. The van der Waals surface area contributed by atoms with Crippen molar-refractivity contribution in [2.24, 2.45) is 0 Å². The number of carbonyl (C=O) groups is 2. The van der Waals surface area contributed by atoms with E-state index in [1.54, 1.807) is 11.5 Å². The van der Waals surface area contributed by atoms with Gasteiger partial charge in [0.25, 0.3) is 5.56 Å². The molecule has 11 heteroatoms. The minimum Gasteiger partial charge on any atom is -0.478 e. The van der Waals surface area contributed by atoms with Crippen LogP contribution in [0.5, 0.6) is 0 Å². The molecular weight excluding hydrogens is 494 g/mol. The second-order valence-corrected chi connectivity index (χ2v) is 9.90. The Balaban J connectivity index is 0.000000349. The predicted molar refractivity (Wildman–Crippen MR) is 143 cm³/mol. The topological polar surface area (TPSA) is 129 Å². The fourth-order valence-corrected chi connectivity index (χ4v) is 5.51. The highest BCUT2D eigenvalue weighted by Gasteiger charge is 2.22. The van der Waals surface area contributed by atoms with Crippen LogP contribution < -0.4 is 10.5 Å². The Kier molecular flexibility index (Phi) is 8.67. The highest BCUT2D eigenvalue weighted by Crippen LogP contribution is 2.29. The zero-order valence-corrected chi connectivity index (χ0v) is 21.6. The van der Waals surface area contributed by atoms with Gasteiger partial charge in [0.05, 0.1) is 4.70 Å². The van der Waals surface area contributed by atoms with Gasteiger partial charge in [-0.05, 0) is 49.9 Å². The van der Waals surface area contributed by atoms with Crippen LogP contribution in [0.2, 0.25) is 0 Å². The van der Waals surface area contributed by atoms with E-state index >= 15 is 0 Å². The van der Waals surface area contributed by atoms with Crippen molar-refractivity contribution >= 4 is 39.4 Å². The summed E-state index contributed by atoms with van der Waals surface area (Å²) in [5, 5.41) is 16.9. The van der Waals surface area contributed by atoms with E-state index in [4.69, 9.17) is 19.6 Å². The molecule has 2 aromatic heterocycles. The van der Waals surface area contributed by atoms with Gasteiger partial charge in [0, 0.05) is 74.5 Å². The van der Waals surface area contributed by atoms with Crippen molar-refractivity contribution in [2.45, 2.75) is 39.2 Å². The SMILES string of the molecule is Cc1nc2n(c(=O)c1CCN1CCN(c3nsc4ccccc34)CC1)CCCC2.O=C(O)C=CC(=O)O. The van der Waals surface area contributed by atoms with Gasteiger partial charge in [-0.25, -0.2) is 14.6 Å². The molecule has 0 bridgehead atoms. The van der Waals surface area contributed by atoms with Gasteiger partial charge >= 0.3 is 11.9 Å². The van der Waals surface area contributed by atoms with E-state index in [0.29, 0.717) is 12.2 Å². The van der Waals surface area contributed by atoms with Crippen LogP contribution in [-0.4, -0.2) is 73.7 Å². The monoisotopic (exact) mass is 525 g/mol. The molecule has 0 spiro atoms. The first kappa shape index (κ1) is 26.5. The molecule has 0 amide bonds. The van der Waals surface area contributed by atoms with Crippen LogP contribution in [0.4, 0.5) is 5.82 Å². The molecule has 0 unspecified atom stereocenters. The van der Waals surface area contributed by atoms with Gasteiger partial charge in [-0.1, -0.05) is 12.1 Å². The molecule has 1 fully saturated rings. The number of nitrogens with zero attached hydrogens (tertiary/aromatic N) is 5. The minimum atomic E-state index is -1.26. The Morgan fingerprint density at radius 1 is 1.03 bits per heavy atom. The van der Waals surface area contributed by atoms with Crippen LogP contribution in [0.3, 0.4) is 0 Å². The standard InChI is InChI=1S/C22H27N5OS.C4H4O4/c1-16-17(22(28)27-10-5-4-8-20(27)23-16)9-11-25-12-14-26(15-13-25)21-18-6-2-3-7-19(18)29-24-21;5-3(6)1-2-4(7)8/h2-3,6-7H,4-5,8-15H2,1H3;1-2H,(H,5,6)(H,7,8). The van der Waals surface area contributed by atoms with Gasteiger partial charge in [0.15, 0.2) is 0 Å². The number of rotatable bonds is 6. The summed E-state index contributed by atoms with van der Waals surface area (Å²) in [6.07, 6.45) is 5.07. The van der Waals surface area contributed by atoms with Crippen molar-refractivity contribution in [2.75, 3.05) is 37.6 Å². The summed E-state index contributed by atoms with van der Waals surface area (Å²) >= 11 is 1.58. The third-order valence-corrected chi connectivity index (χ3v) is 7.47. The van der Waals surface area contributed by atoms with Crippen molar-refractivity contribution in [3.05, 3.63) is 63.9 Å². The first-order chi connectivity index (χ1) is 17.8. The summed E-state index contributed by atoms with van der Waals surface area (Å²) in [4.78, 5) is 41.6. The van der Waals surface area contributed by atoms with Crippen molar-refractivity contribution in [3.63, 3.8) is 0 Å². The van der Waals surface area contributed by atoms with Crippen LogP contribution in [0.15, 0.2) is 41.2 Å². The molecular formula is C26H31N5O5S. The van der Waals surface area contributed by atoms with Crippen LogP contribution in [-0.2, 0) is 29.0 Å². The van der Waals surface area contributed by atoms with Crippen LogP contribution >= 0.6 is 11.5 Å². The molecule has 2 N–H and O–H groups in total. The van der Waals surface area contributed by atoms with Gasteiger partial charge in [0.1, 0.15) is 11.6 Å². The lowest BCUT2D eigenvalue weighted by molar-refractivity contribution is -0.134. The summed E-state index contributed by atoms with van der Waals surface area (Å²) < 4.78 is 7.86. The lowest BCUT2D eigenvalue weighted by Gasteiger charge is -2.35. The molecule has 0 saturated carbocycles. The highest BCUT2D eigenvalue weighted by atomic mass is 32.1. The molecule has 196 valence electrons. The van der Waals surface area contributed by atoms with Crippen molar-refractivity contribution in [1.29, 1.82) is 0 Å². The number of carboxylic acids is 2. The predicted octanol–water partition coefficient (Wildman–Crippen LogP) is 2.57. The quantitative estimate of drug-likeness (QED) is 0.467.